The smallest absolute Gasteiger partial charge is 0.314 e. The number of unbranched alkanes of at least 4 members (excludes halogenated alkanes) is 1. The Bertz CT molecular complexity index is 374. The highest BCUT2D eigenvalue weighted by Gasteiger charge is 2.19. The topological polar surface area (TPSA) is 35.5 Å². The average Bonchev–Trinajstić information content (AvgIpc) is 2.40. The molecule has 18 heavy (non-hydrogen) atoms. The molecule has 0 saturated carbocycles. The van der Waals surface area contributed by atoms with E-state index in [1.54, 1.807) is 19.2 Å². The van der Waals surface area contributed by atoms with Gasteiger partial charge in [-0.15, -0.1) is 0 Å². The first kappa shape index (κ1) is 14.6. The summed E-state index contributed by atoms with van der Waals surface area (Å²) in [7, 11) is 1.57. The Labute approximate surface area is 109 Å². The van der Waals surface area contributed by atoms with Crippen LogP contribution < -0.4 is 9.47 Å². The Morgan fingerprint density at radius 3 is 2.44 bits per heavy atom. The summed E-state index contributed by atoms with van der Waals surface area (Å²) in [6.07, 6.45) is 3.85. The fourth-order valence-corrected chi connectivity index (χ4v) is 1.83. The van der Waals surface area contributed by atoms with Gasteiger partial charge in [-0.1, -0.05) is 38.8 Å². The van der Waals surface area contributed by atoms with Crippen molar-refractivity contribution < 1.29 is 14.3 Å². The third-order valence-corrected chi connectivity index (χ3v) is 3.01. The summed E-state index contributed by atoms with van der Waals surface area (Å²) in [5.41, 5.74) is 0. The van der Waals surface area contributed by atoms with Gasteiger partial charge in [-0.25, -0.2) is 0 Å². The molecule has 0 radical (unpaired) electrons. The van der Waals surface area contributed by atoms with E-state index in [0.717, 1.165) is 25.7 Å². The van der Waals surface area contributed by atoms with Gasteiger partial charge in [-0.2, -0.15) is 0 Å². The normalized spacial score (nSPS) is 11.9. The van der Waals surface area contributed by atoms with Crippen molar-refractivity contribution in [2.45, 2.75) is 39.5 Å². The van der Waals surface area contributed by atoms with Crippen molar-refractivity contribution in [3.05, 3.63) is 24.3 Å². The molecule has 0 heterocycles. The van der Waals surface area contributed by atoms with Crippen molar-refractivity contribution in [1.29, 1.82) is 0 Å². The van der Waals surface area contributed by atoms with E-state index in [2.05, 4.69) is 6.92 Å². The molecule has 0 aromatic heterocycles. The maximum atomic E-state index is 12.0. The van der Waals surface area contributed by atoms with Gasteiger partial charge in [0.05, 0.1) is 13.0 Å². The molecule has 100 valence electrons. The van der Waals surface area contributed by atoms with Crippen LogP contribution in [0.25, 0.3) is 0 Å². The third-order valence-electron chi connectivity index (χ3n) is 3.01. The lowest BCUT2D eigenvalue weighted by Gasteiger charge is -2.14. The van der Waals surface area contributed by atoms with Gasteiger partial charge in [0, 0.05) is 0 Å². The zero-order chi connectivity index (χ0) is 13.4. The van der Waals surface area contributed by atoms with E-state index in [4.69, 9.17) is 9.47 Å². The summed E-state index contributed by atoms with van der Waals surface area (Å²) in [6, 6.07) is 7.22. The molecule has 1 aromatic rings. The minimum atomic E-state index is -0.157. The van der Waals surface area contributed by atoms with Crippen LogP contribution >= 0.6 is 0 Å². The van der Waals surface area contributed by atoms with E-state index in [9.17, 15) is 4.79 Å². The molecule has 0 unspecified atom stereocenters. The van der Waals surface area contributed by atoms with Gasteiger partial charge < -0.3 is 9.47 Å². The van der Waals surface area contributed by atoms with Gasteiger partial charge in [-0.3, -0.25) is 4.79 Å². The average molecular weight is 250 g/mol. The lowest BCUT2D eigenvalue weighted by atomic mass is 10.00. The van der Waals surface area contributed by atoms with Crippen LogP contribution in [0.5, 0.6) is 11.5 Å². The van der Waals surface area contributed by atoms with Crippen molar-refractivity contribution >= 4 is 5.97 Å². The van der Waals surface area contributed by atoms with E-state index < -0.39 is 0 Å². The van der Waals surface area contributed by atoms with Crippen LogP contribution in [0.15, 0.2) is 24.3 Å². The number of carbonyl (C=O) groups excluding carboxylic acids is 1. The fraction of sp³-hybridized carbons (Fsp3) is 0.533. The second kappa shape index (κ2) is 7.75. The van der Waals surface area contributed by atoms with Crippen molar-refractivity contribution in [3.63, 3.8) is 0 Å². The van der Waals surface area contributed by atoms with Crippen LogP contribution in [-0.4, -0.2) is 13.1 Å². The molecule has 1 aromatic carbocycles. The summed E-state index contributed by atoms with van der Waals surface area (Å²) in [6.45, 7) is 4.14. The summed E-state index contributed by atoms with van der Waals surface area (Å²) in [5, 5.41) is 0. The van der Waals surface area contributed by atoms with Gasteiger partial charge in [0.15, 0.2) is 11.5 Å². The Hall–Kier alpha value is -1.51. The molecule has 0 saturated heterocycles. The predicted octanol–water partition coefficient (Wildman–Crippen LogP) is 3.82. The monoisotopic (exact) mass is 250 g/mol. The Morgan fingerprint density at radius 2 is 1.89 bits per heavy atom. The number of hydrogen-bond donors (Lipinski definition) is 0. The van der Waals surface area contributed by atoms with Crippen LogP contribution in [0.4, 0.5) is 0 Å². The lowest BCUT2D eigenvalue weighted by Crippen LogP contribution is -2.20. The summed E-state index contributed by atoms with van der Waals surface area (Å²) >= 11 is 0. The SMILES string of the molecule is CCCC[C@H](CC)C(=O)Oc1ccccc1OC. The molecule has 0 fully saturated rings. The molecule has 1 rings (SSSR count). The fourth-order valence-electron chi connectivity index (χ4n) is 1.83. The zero-order valence-corrected chi connectivity index (χ0v) is 11.4. The van der Waals surface area contributed by atoms with E-state index >= 15 is 0 Å². The van der Waals surface area contributed by atoms with Crippen LogP contribution in [0.1, 0.15) is 39.5 Å². The van der Waals surface area contributed by atoms with Crippen molar-refractivity contribution in [3.8, 4) is 11.5 Å². The standard InChI is InChI=1S/C15H22O3/c1-4-6-9-12(5-2)15(16)18-14-11-8-7-10-13(14)17-3/h7-8,10-12H,4-6,9H2,1-3H3/t12-/m0/s1. The molecule has 0 amide bonds. The van der Waals surface area contributed by atoms with Gasteiger partial charge in [-0.05, 0) is 25.0 Å². The summed E-state index contributed by atoms with van der Waals surface area (Å²) < 4.78 is 10.6. The molecular formula is C15H22O3. The molecule has 0 bridgehead atoms. The number of methoxy groups -OCH3 is 1. The molecular weight excluding hydrogens is 228 g/mol. The first-order valence-electron chi connectivity index (χ1n) is 6.57. The van der Waals surface area contributed by atoms with Gasteiger partial charge >= 0.3 is 5.97 Å². The van der Waals surface area contributed by atoms with Gasteiger partial charge in [0.1, 0.15) is 0 Å². The molecule has 0 spiro atoms. The van der Waals surface area contributed by atoms with Crippen LogP contribution in [0.2, 0.25) is 0 Å². The van der Waals surface area contributed by atoms with Gasteiger partial charge in [0.25, 0.3) is 0 Å². The Kier molecular flexibility index (Phi) is 6.26. The minimum Gasteiger partial charge on any atom is -0.493 e. The number of para-hydroxylation sites is 2. The first-order valence-corrected chi connectivity index (χ1v) is 6.57. The molecule has 3 nitrogen and oxygen atoms in total. The number of esters is 1. The maximum Gasteiger partial charge on any atom is 0.314 e. The number of ether oxygens (including phenoxy) is 2. The molecule has 3 heteroatoms. The van der Waals surface area contributed by atoms with E-state index in [1.165, 1.54) is 0 Å². The Balaban J connectivity index is 2.67. The van der Waals surface area contributed by atoms with Crippen LogP contribution in [-0.2, 0) is 4.79 Å². The maximum absolute atomic E-state index is 12.0. The van der Waals surface area contributed by atoms with Crippen LogP contribution in [0.3, 0.4) is 0 Å². The summed E-state index contributed by atoms with van der Waals surface area (Å²) in [4.78, 5) is 12.0. The second-order valence-corrected chi connectivity index (χ2v) is 4.32. The first-order chi connectivity index (χ1) is 8.72. The van der Waals surface area contributed by atoms with E-state index in [-0.39, 0.29) is 11.9 Å². The van der Waals surface area contributed by atoms with Crippen molar-refractivity contribution in [1.82, 2.24) is 0 Å². The molecule has 0 aliphatic rings. The molecule has 0 aliphatic heterocycles. The number of benzene rings is 1. The molecule has 0 aliphatic carbocycles. The minimum absolute atomic E-state index is 0.0186. The second-order valence-electron chi connectivity index (χ2n) is 4.32. The quantitative estimate of drug-likeness (QED) is 0.545. The summed E-state index contributed by atoms with van der Waals surface area (Å²) in [5.74, 6) is 0.918. The highest BCUT2D eigenvalue weighted by Crippen LogP contribution is 2.27. The van der Waals surface area contributed by atoms with Crippen molar-refractivity contribution in [2.75, 3.05) is 7.11 Å². The van der Waals surface area contributed by atoms with Gasteiger partial charge in [0.2, 0.25) is 0 Å². The van der Waals surface area contributed by atoms with Crippen LogP contribution in [0, 0.1) is 5.92 Å². The lowest BCUT2D eigenvalue weighted by molar-refractivity contribution is -0.139. The molecule has 0 N–H and O–H groups in total. The predicted molar refractivity (Wildman–Crippen MR) is 71.9 cm³/mol. The highest BCUT2D eigenvalue weighted by atomic mass is 16.6. The van der Waals surface area contributed by atoms with Crippen molar-refractivity contribution in [2.24, 2.45) is 5.92 Å². The zero-order valence-electron chi connectivity index (χ0n) is 11.4. The number of hydrogen-bond acceptors (Lipinski definition) is 3. The third kappa shape index (κ3) is 4.06. The largest absolute Gasteiger partial charge is 0.493 e. The Morgan fingerprint density at radius 1 is 1.22 bits per heavy atom. The van der Waals surface area contributed by atoms with E-state index in [1.807, 2.05) is 19.1 Å². The van der Waals surface area contributed by atoms with E-state index in [0.29, 0.717) is 11.5 Å². The molecule has 1 atom stereocenters. The number of carbonyl (C=O) groups is 1. The number of rotatable bonds is 7. The highest BCUT2D eigenvalue weighted by molar-refractivity contribution is 5.75.